The van der Waals surface area contributed by atoms with Crippen molar-refractivity contribution < 1.29 is 14.4 Å². The lowest BCUT2D eigenvalue weighted by Gasteiger charge is -2.33. The molecule has 2 aromatic rings. The third-order valence-electron chi connectivity index (χ3n) is 4.95. The maximum absolute atomic E-state index is 11.1. The van der Waals surface area contributed by atoms with Crippen LogP contribution in [0, 0.1) is 17.0 Å². The van der Waals surface area contributed by atoms with Crippen LogP contribution in [-0.4, -0.2) is 22.6 Å². The molecule has 0 aliphatic carbocycles. The average molecular weight is 344 g/mol. The molecule has 2 atom stereocenters. The van der Waals surface area contributed by atoms with E-state index in [2.05, 4.69) is 4.90 Å². The SMILES string of the molecule is Cc1cc(N2CCCCCC2CC(O)c2ccco2)ccc1[N+](=O)[O-]. The van der Waals surface area contributed by atoms with E-state index in [1.54, 1.807) is 31.4 Å². The minimum atomic E-state index is -0.639. The van der Waals surface area contributed by atoms with Gasteiger partial charge in [-0.1, -0.05) is 12.8 Å². The van der Waals surface area contributed by atoms with Crippen LogP contribution in [0.25, 0.3) is 0 Å². The molecular formula is C19H24N2O4. The summed E-state index contributed by atoms with van der Waals surface area (Å²) in [5.41, 5.74) is 1.80. The summed E-state index contributed by atoms with van der Waals surface area (Å²) < 4.78 is 5.33. The maximum Gasteiger partial charge on any atom is 0.272 e. The Morgan fingerprint density at radius 2 is 2.20 bits per heavy atom. The van der Waals surface area contributed by atoms with Gasteiger partial charge < -0.3 is 14.4 Å². The molecule has 1 fully saturated rings. The van der Waals surface area contributed by atoms with Crippen LogP contribution in [0.2, 0.25) is 0 Å². The van der Waals surface area contributed by atoms with Gasteiger partial charge in [-0.15, -0.1) is 0 Å². The normalized spacial score (nSPS) is 19.4. The summed E-state index contributed by atoms with van der Waals surface area (Å²) in [6, 6.07) is 9.04. The molecule has 1 aliphatic rings. The quantitative estimate of drug-likeness (QED) is 0.643. The Kier molecular flexibility index (Phi) is 5.38. The van der Waals surface area contributed by atoms with Crippen molar-refractivity contribution in [1.29, 1.82) is 0 Å². The monoisotopic (exact) mass is 344 g/mol. The summed E-state index contributed by atoms with van der Waals surface area (Å²) in [7, 11) is 0. The summed E-state index contributed by atoms with van der Waals surface area (Å²) in [5.74, 6) is 0.587. The summed E-state index contributed by atoms with van der Waals surface area (Å²) >= 11 is 0. The molecule has 1 aromatic carbocycles. The van der Waals surface area contributed by atoms with Crippen molar-refractivity contribution in [2.45, 2.75) is 51.2 Å². The first-order valence-corrected chi connectivity index (χ1v) is 8.79. The zero-order valence-corrected chi connectivity index (χ0v) is 14.4. The van der Waals surface area contributed by atoms with E-state index in [9.17, 15) is 15.2 Å². The lowest BCUT2D eigenvalue weighted by Crippen LogP contribution is -2.36. The number of aliphatic hydroxyl groups excluding tert-OH is 1. The molecular weight excluding hydrogens is 320 g/mol. The van der Waals surface area contributed by atoms with Crippen molar-refractivity contribution in [3.05, 3.63) is 58.0 Å². The van der Waals surface area contributed by atoms with Gasteiger partial charge in [-0.3, -0.25) is 10.1 Å². The van der Waals surface area contributed by atoms with Crippen LogP contribution in [0.1, 0.15) is 49.5 Å². The van der Waals surface area contributed by atoms with Gasteiger partial charge in [0, 0.05) is 36.3 Å². The molecule has 3 rings (SSSR count). The van der Waals surface area contributed by atoms with Crippen LogP contribution in [0.4, 0.5) is 11.4 Å². The Hall–Kier alpha value is -2.34. The van der Waals surface area contributed by atoms with Gasteiger partial charge in [0.25, 0.3) is 5.69 Å². The molecule has 0 radical (unpaired) electrons. The minimum absolute atomic E-state index is 0.144. The number of hydrogen-bond donors (Lipinski definition) is 1. The van der Waals surface area contributed by atoms with Gasteiger partial charge in [0.05, 0.1) is 11.2 Å². The fourth-order valence-electron chi connectivity index (χ4n) is 3.64. The van der Waals surface area contributed by atoms with Gasteiger partial charge >= 0.3 is 0 Å². The Morgan fingerprint density at radius 3 is 2.88 bits per heavy atom. The predicted octanol–water partition coefficient (Wildman–Crippen LogP) is 4.37. The van der Waals surface area contributed by atoms with Crippen LogP contribution >= 0.6 is 0 Å². The summed E-state index contributed by atoms with van der Waals surface area (Å²) in [4.78, 5) is 13.0. The highest BCUT2D eigenvalue weighted by Gasteiger charge is 2.26. The molecule has 1 aromatic heterocycles. The Bertz CT molecular complexity index is 714. The van der Waals surface area contributed by atoms with E-state index in [0.717, 1.165) is 37.9 Å². The summed E-state index contributed by atoms with van der Waals surface area (Å²) in [6.07, 6.45) is 5.89. The number of nitro benzene ring substituents is 1. The van der Waals surface area contributed by atoms with Crippen molar-refractivity contribution in [3.8, 4) is 0 Å². The smallest absolute Gasteiger partial charge is 0.272 e. The van der Waals surface area contributed by atoms with Gasteiger partial charge in [-0.05, 0) is 44.0 Å². The number of furan rings is 1. The second-order valence-corrected chi connectivity index (χ2v) is 6.69. The van der Waals surface area contributed by atoms with Gasteiger partial charge in [-0.25, -0.2) is 0 Å². The fraction of sp³-hybridized carbons (Fsp3) is 0.474. The van der Waals surface area contributed by atoms with Gasteiger partial charge in [0.15, 0.2) is 0 Å². The number of anilines is 1. The Balaban J connectivity index is 1.83. The molecule has 0 spiro atoms. The third kappa shape index (κ3) is 4.02. The number of benzene rings is 1. The zero-order valence-electron chi connectivity index (χ0n) is 14.4. The standard InChI is InChI=1S/C19H24N2O4/c1-14-12-16(8-9-17(14)21(23)24)20-10-4-2-3-6-15(20)13-18(22)19-7-5-11-25-19/h5,7-9,11-12,15,18,22H,2-4,6,10,13H2,1H3. The van der Waals surface area contributed by atoms with Crippen LogP contribution in [0.15, 0.2) is 41.0 Å². The molecule has 0 bridgehead atoms. The largest absolute Gasteiger partial charge is 0.467 e. The molecule has 0 amide bonds. The molecule has 25 heavy (non-hydrogen) atoms. The van der Waals surface area contributed by atoms with Gasteiger partial charge in [-0.2, -0.15) is 0 Å². The molecule has 2 unspecified atom stereocenters. The second kappa shape index (κ2) is 7.70. The summed E-state index contributed by atoms with van der Waals surface area (Å²) in [6.45, 7) is 2.67. The van der Waals surface area contributed by atoms with Crippen LogP contribution in [-0.2, 0) is 0 Å². The van der Waals surface area contributed by atoms with E-state index in [1.807, 2.05) is 12.1 Å². The number of aliphatic hydroxyl groups is 1. The number of nitrogens with zero attached hydrogens (tertiary/aromatic N) is 2. The van der Waals surface area contributed by atoms with Gasteiger partial charge in [0.2, 0.25) is 0 Å². The molecule has 1 aliphatic heterocycles. The first-order valence-electron chi connectivity index (χ1n) is 8.79. The first kappa shape index (κ1) is 17.5. The highest BCUT2D eigenvalue weighted by Crippen LogP contribution is 2.32. The number of aryl methyl sites for hydroxylation is 1. The predicted molar refractivity (Wildman–Crippen MR) is 95.7 cm³/mol. The molecule has 0 saturated carbocycles. The molecule has 1 saturated heterocycles. The van der Waals surface area contributed by atoms with Crippen LogP contribution < -0.4 is 4.90 Å². The molecule has 2 heterocycles. The second-order valence-electron chi connectivity index (χ2n) is 6.69. The van der Waals surface area contributed by atoms with Crippen molar-refractivity contribution >= 4 is 11.4 Å². The van der Waals surface area contributed by atoms with E-state index in [1.165, 1.54) is 0 Å². The van der Waals surface area contributed by atoms with E-state index in [4.69, 9.17) is 4.42 Å². The van der Waals surface area contributed by atoms with Gasteiger partial charge in [0.1, 0.15) is 11.9 Å². The highest BCUT2D eigenvalue weighted by molar-refractivity contribution is 5.56. The van der Waals surface area contributed by atoms with E-state index < -0.39 is 6.10 Å². The van der Waals surface area contributed by atoms with Crippen molar-refractivity contribution in [2.24, 2.45) is 0 Å². The van der Waals surface area contributed by atoms with Crippen molar-refractivity contribution in [2.75, 3.05) is 11.4 Å². The minimum Gasteiger partial charge on any atom is -0.467 e. The van der Waals surface area contributed by atoms with Crippen molar-refractivity contribution in [3.63, 3.8) is 0 Å². The Labute approximate surface area is 147 Å². The van der Waals surface area contributed by atoms with E-state index >= 15 is 0 Å². The highest BCUT2D eigenvalue weighted by atomic mass is 16.6. The average Bonchev–Trinajstić information content (AvgIpc) is 3.02. The number of hydrogen-bond acceptors (Lipinski definition) is 5. The fourth-order valence-corrected chi connectivity index (χ4v) is 3.64. The van der Waals surface area contributed by atoms with E-state index in [0.29, 0.717) is 17.7 Å². The maximum atomic E-state index is 11.1. The topological polar surface area (TPSA) is 79.8 Å². The lowest BCUT2D eigenvalue weighted by molar-refractivity contribution is -0.385. The molecule has 6 nitrogen and oxygen atoms in total. The third-order valence-corrected chi connectivity index (χ3v) is 4.95. The first-order chi connectivity index (χ1) is 12.1. The lowest BCUT2D eigenvalue weighted by atomic mass is 10.0. The van der Waals surface area contributed by atoms with E-state index in [-0.39, 0.29) is 16.7 Å². The Morgan fingerprint density at radius 1 is 1.36 bits per heavy atom. The molecule has 6 heteroatoms. The summed E-state index contributed by atoms with van der Waals surface area (Å²) in [5, 5.41) is 21.5. The zero-order chi connectivity index (χ0) is 17.8. The van der Waals surface area contributed by atoms with Crippen LogP contribution in [0.5, 0.6) is 0 Å². The number of nitro groups is 1. The molecule has 1 N–H and O–H groups in total. The number of rotatable bonds is 5. The van der Waals surface area contributed by atoms with Crippen molar-refractivity contribution in [1.82, 2.24) is 0 Å². The van der Waals surface area contributed by atoms with Crippen LogP contribution in [0.3, 0.4) is 0 Å². The molecule has 134 valence electrons.